The van der Waals surface area contributed by atoms with E-state index in [2.05, 4.69) is 41.0 Å². The summed E-state index contributed by atoms with van der Waals surface area (Å²) in [6, 6.07) is 1.89. The van der Waals surface area contributed by atoms with Crippen molar-refractivity contribution in [2.45, 2.75) is 45.6 Å². The summed E-state index contributed by atoms with van der Waals surface area (Å²) in [5.74, 6) is 6.50. The largest absolute Gasteiger partial charge is 0.488 e. The molecule has 1 saturated carbocycles. The molecule has 1 aliphatic heterocycles. The number of aromatic nitrogens is 4. The van der Waals surface area contributed by atoms with Crippen molar-refractivity contribution in [3.63, 3.8) is 0 Å². The molecule has 2 N–H and O–H groups in total. The van der Waals surface area contributed by atoms with Crippen LogP contribution in [0.15, 0.2) is 18.5 Å². The van der Waals surface area contributed by atoms with E-state index in [1.165, 1.54) is 0 Å². The minimum atomic E-state index is -0.327. The first-order chi connectivity index (χ1) is 13.5. The first kappa shape index (κ1) is 18.9. The number of nitrogens with zero attached hydrogens (tertiary/aromatic N) is 4. The molecule has 4 rings (SSSR count). The van der Waals surface area contributed by atoms with E-state index < -0.39 is 0 Å². The zero-order valence-electron chi connectivity index (χ0n) is 16.2. The molecule has 0 atom stereocenters. The highest BCUT2D eigenvalue weighted by molar-refractivity contribution is 5.63. The van der Waals surface area contributed by atoms with E-state index in [1.54, 1.807) is 10.9 Å². The molecule has 28 heavy (non-hydrogen) atoms. The van der Waals surface area contributed by atoms with Crippen molar-refractivity contribution in [1.29, 1.82) is 0 Å². The second kappa shape index (κ2) is 7.87. The molecule has 0 unspecified atom stereocenters. The number of rotatable bonds is 5. The van der Waals surface area contributed by atoms with Crippen LogP contribution in [0.25, 0.3) is 11.4 Å². The summed E-state index contributed by atoms with van der Waals surface area (Å²) in [4.78, 5) is 4.52. The topological polar surface area (TPSA) is 97.3 Å². The van der Waals surface area contributed by atoms with Gasteiger partial charge in [0.15, 0.2) is 6.29 Å². The van der Waals surface area contributed by atoms with E-state index in [0.717, 1.165) is 18.4 Å². The predicted octanol–water partition coefficient (Wildman–Crippen LogP) is 1.59. The lowest BCUT2D eigenvalue weighted by atomic mass is 9.96. The van der Waals surface area contributed by atoms with Gasteiger partial charge in [0.05, 0.1) is 38.6 Å². The molecular weight excluding hydrogens is 358 g/mol. The molecule has 1 saturated heterocycles. The van der Waals surface area contributed by atoms with Crippen molar-refractivity contribution in [2.75, 3.05) is 19.8 Å². The van der Waals surface area contributed by atoms with Crippen LogP contribution in [0.4, 0.5) is 0 Å². The maximum atomic E-state index is 6.03. The van der Waals surface area contributed by atoms with Crippen molar-refractivity contribution in [2.24, 2.45) is 11.1 Å². The number of ether oxygens (including phenoxy) is 3. The lowest BCUT2D eigenvalue weighted by Crippen LogP contribution is -2.39. The van der Waals surface area contributed by atoms with Crippen LogP contribution < -0.4 is 10.5 Å². The number of hydrogen-bond donors (Lipinski definition) is 1. The Bertz CT molecular complexity index is 885. The van der Waals surface area contributed by atoms with E-state index in [4.69, 9.17) is 19.9 Å². The van der Waals surface area contributed by atoms with Crippen LogP contribution in [-0.2, 0) is 16.0 Å². The van der Waals surface area contributed by atoms with Crippen molar-refractivity contribution in [1.82, 2.24) is 20.0 Å². The summed E-state index contributed by atoms with van der Waals surface area (Å²) in [5, 5.41) is 8.46. The van der Waals surface area contributed by atoms with Gasteiger partial charge in [-0.25, -0.2) is 9.67 Å². The summed E-state index contributed by atoms with van der Waals surface area (Å²) in [5.41, 5.74) is 7.56. The molecule has 3 heterocycles. The fourth-order valence-corrected chi connectivity index (χ4v) is 2.79. The van der Waals surface area contributed by atoms with Gasteiger partial charge in [-0.05, 0) is 18.9 Å². The van der Waals surface area contributed by atoms with Gasteiger partial charge in [0.1, 0.15) is 17.1 Å². The second-order valence-electron chi connectivity index (χ2n) is 7.94. The molecule has 2 aromatic rings. The summed E-state index contributed by atoms with van der Waals surface area (Å²) < 4.78 is 19.3. The lowest BCUT2D eigenvalue weighted by Gasteiger charge is -2.34. The van der Waals surface area contributed by atoms with Gasteiger partial charge in [0, 0.05) is 17.2 Å². The lowest BCUT2D eigenvalue weighted by molar-refractivity contribution is -0.227. The first-order valence-electron chi connectivity index (χ1n) is 9.52. The fraction of sp³-hybridized carbons (Fsp3) is 0.550. The van der Waals surface area contributed by atoms with E-state index in [-0.39, 0.29) is 17.8 Å². The van der Waals surface area contributed by atoms with Crippen LogP contribution >= 0.6 is 0 Å². The van der Waals surface area contributed by atoms with Gasteiger partial charge in [-0.1, -0.05) is 30.9 Å². The van der Waals surface area contributed by atoms with E-state index >= 15 is 0 Å². The van der Waals surface area contributed by atoms with Crippen LogP contribution in [-0.4, -0.2) is 52.1 Å². The van der Waals surface area contributed by atoms with Gasteiger partial charge in [-0.15, -0.1) is 5.10 Å². The Morgan fingerprint density at radius 2 is 2.11 bits per heavy atom. The molecule has 0 spiro atoms. The average molecular weight is 383 g/mol. The minimum Gasteiger partial charge on any atom is -0.488 e. The molecule has 0 aromatic carbocycles. The van der Waals surface area contributed by atoms with Gasteiger partial charge in [0.2, 0.25) is 0 Å². The fourth-order valence-electron chi connectivity index (χ4n) is 2.79. The Labute approximate surface area is 164 Å². The Balaban J connectivity index is 1.51. The van der Waals surface area contributed by atoms with E-state index in [0.29, 0.717) is 43.4 Å². The van der Waals surface area contributed by atoms with Crippen LogP contribution in [0, 0.1) is 17.3 Å². The third kappa shape index (κ3) is 4.68. The smallest absolute Gasteiger partial charge is 0.177 e. The third-order valence-electron chi connectivity index (χ3n) is 4.44. The SMILES string of the molecule is CC1(C)COC(Cn2cc(-c3ncc(C#CCN)cc3OC3CC3)nn2)OC1. The van der Waals surface area contributed by atoms with Crippen molar-refractivity contribution in [3.05, 3.63) is 24.0 Å². The zero-order chi connectivity index (χ0) is 19.6. The highest BCUT2D eigenvalue weighted by Gasteiger charge is 2.29. The summed E-state index contributed by atoms with van der Waals surface area (Å²) in [6.45, 7) is 6.33. The number of hydrogen-bond acceptors (Lipinski definition) is 7. The van der Waals surface area contributed by atoms with Gasteiger partial charge in [-0.2, -0.15) is 0 Å². The third-order valence-corrected chi connectivity index (χ3v) is 4.44. The standard InChI is InChI=1S/C20H25N5O3/c1-20(2)12-26-18(27-13-20)11-25-10-16(23-24-25)19-17(28-15-5-6-15)8-14(9-22-19)4-3-7-21/h8-10,15,18H,5-7,11-13,21H2,1-2H3. The molecule has 2 aromatic heterocycles. The molecule has 0 amide bonds. The first-order valence-corrected chi connectivity index (χ1v) is 9.52. The summed E-state index contributed by atoms with van der Waals surface area (Å²) in [6.07, 6.45) is 5.55. The molecule has 0 bridgehead atoms. The highest BCUT2D eigenvalue weighted by Crippen LogP contribution is 2.33. The summed E-state index contributed by atoms with van der Waals surface area (Å²) in [7, 11) is 0. The molecule has 2 fully saturated rings. The maximum Gasteiger partial charge on any atom is 0.177 e. The van der Waals surface area contributed by atoms with Gasteiger partial charge in [-0.3, -0.25) is 0 Å². The Morgan fingerprint density at radius 1 is 1.32 bits per heavy atom. The Hall–Kier alpha value is -2.47. The molecule has 8 heteroatoms. The van der Waals surface area contributed by atoms with Crippen LogP contribution in [0.3, 0.4) is 0 Å². The Morgan fingerprint density at radius 3 is 2.82 bits per heavy atom. The van der Waals surface area contributed by atoms with Gasteiger partial charge < -0.3 is 19.9 Å². The maximum absolute atomic E-state index is 6.03. The number of pyridine rings is 1. The second-order valence-corrected chi connectivity index (χ2v) is 7.94. The molecule has 1 aliphatic carbocycles. The molecule has 148 valence electrons. The Kier molecular flexibility index (Phi) is 5.31. The van der Waals surface area contributed by atoms with Crippen molar-refractivity contribution in [3.8, 4) is 29.0 Å². The molecule has 0 radical (unpaired) electrons. The molecular formula is C20H25N5O3. The monoisotopic (exact) mass is 383 g/mol. The highest BCUT2D eigenvalue weighted by atomic mass is 16.7. The van der Waals surface area contributed by atoms with Gasteiger partial charge in [0.25, 0.3) is 0 Å². The molecule has 8 nitrogen and oxygen atoms in total. The molecule has 2 aliphatic rings. The van der Waals surface area contributed by atoms with Crippen LogP contribution in [0.5, 0.6) is 5.75 Å². The van der Waals surface area contributed by atoms with E-state index in [1.807, 2.05) is 12.3 Å². The minimum absolute atomic E-state index is 0.0392. The van der Waals surface area contributed by atoms with Crippen LogP contribution in [0.1, 0.15) is 32.3 Å². The van der Waals surface area contributed by atoms with Crippen molar-refractivity contribution >= 4 is 0 Å². The van der Waals surface area contributed by atoms with Gasteiger partial charge >= 0.3 is 0 Å². The summed E-state index contributed by atoms with van der Waals surface area (Å²) >= 11 is 0. The van der Waals surface area contributed by atoms with Crippen LogP contribution in [0.2, 0.25) is 0 Å². The number of nitrogens with two attached hydrogens (primary N) is 1. The van der Waals surface area contributed by atoms with Crippen molar-refractivity contribution < 1.29 is 14.2 Å². The van der Waals surface area contributed by atoms with E-state index in [9.17, 15) is 0 Å². The normalized spacial score (nSPS) is 19.1. The average Bonchev–Trinajstić information content (AvgIpc) is 3.37. The quantitative estimate of drug-likeness (QED) is 0.783. The predicted molar refractivity (Wildman–Crippen MR) is 102 cm³/mol. The zero-order valence-corrected chi connectivity index (χ0v) is 16.2.